The third kappa shape index (κ3) is 5.76. The number of hydrogen-bond acceptors (Lipinski definition) is 9. The number of piperazine rings is 1. The number of amides is 1. The molecule has 2 aliphatic rings. The van der Waals surface area contributed by atoms with Gasteiger partial charge in [-0.3, -0.25) is 9.52 Å². The van der Waals surface area contributed by atoms with Crippen molar-refractivity contribution in [2.45, 2.75) is 44.7 Å². The number of aryl methyl sites for hydroxylation is 1. The maximum atomic E-state index is 13.8. The van der Waals surface area contributed by atoms with Crippen molar-refractivity contribution in [3.05, 3.63) is 59.9 Å². The summed E-state index contributed by atoms with van der Waals surface area (Å²) in [5.41, 5.74) is 2.16. The van der Waals surface area contributed by atoms with Crippen LogP contribution >= 0.6 is 0 Å². The second kappa shape index (κ2) is 11.0. The quantitative estimate of drug-likeness (QED) is 0.264. The topological polar surface area (TPSA) is 140 Å². The molecule has 1 amide bonds. The summed E-state index contributed by atoms with van der Waals surface area (Å²) < 4.78 is 40.4. The van der Waals surface area contributed by atoms with Gasteiger partial charge >= 0.3 is 0 Å². The van der Waals surface area contributed by atoms with Gasteiger partial charge in [0.05, 0.1) is 30.3 Å². The van der Waals surface area contributed by atoms with Gasteiger partial charge in [-0.1, -0.05) is 32.9 Å². The molecule has 0 aliphatic carbocycles. The molecule has 0 spiro atoms. The molecule has 3 N–H and O–H groups in total. The van der Waals surface area contributed by atoms with Gasteiger partial charge in [-0.2, -0.15) is 4.98 Å². The SMILES string of the molecule is COc1c(NC(=O)c2cc3cccc(Oc4ccnc(N5CC6CC5CN6)n4)c3n2C)cc(C(C)(C)C)cc1NS(C)(=O)=O. The van der Waals surface area contributed by atoms with Crippen molar-refractivity contribution in [1.82, 2.24) is 19.9 Å². The summed E-state index contributed by atoms with van der Waals surface area (Å²) >= 11 is 0. The molecule has 2 fully saturated rings. The summed E-state index contributed by atoms with van der Waals surface area (Å²) in [4.78, 5) is 25.2. The zero-order chi connectivity index (χ0) is 31.4. The first-order chi connectivity index (χ1) is 20.8. The molecule has 4 aromatic rings. The van der Waals surface area contributed by atoms with Gasteiger partial charge in [-0.25, -0.2) is 13.4 Å². The molecule has 2 aliphatic heterocycles. The number of sulfonamides is 1. The third-order valence-corrected chi connectivity index (χ3v) is 8.69. The van der Waals surface area contributed by atoms with E-state index in [9.17, 15) is 13.2 Å². The first kappa shape index (κ1) is 29.7. The lowest BCUT2D eigenvalue weighted by atomic mass is 9.86. The lowest BCUT2D eigenvalue weighted by Gasteiger charge is -2.27. The average Bonchev–Trinajstić information content (AvgIpc) is 3.67. The van der Waals surface area contributed by atoms with Crippen molar-refractivity contribution >= 4 is 44.2 Å². The molecule has 0 saturated carbocycles. The highest BCUT2D eigenvalue weighted by Gasteiger charge is 2.39. The van der Waals surface area contributed by atoms with E-state index in [2.05, 4.69) is 25.2 Å². The highest BCUT2D eigenvalue weighted by Crippen LogP contribution is 2.40. The Kier molecular flexibility index (Phi) is 7.41. The van der Waals surface area contributed by atoms with Crippen LogP contribution in [0.2, 0.25) is 0 Å². The summed E-state index contributed by atoms with van der Waals surface area (Å²) in [6.45, 7) is 7.80. The predicted octanol–water partition coefficient (Wildman–Crippen LogP) is 4.24. The standard InChI is InChI=1S/C31H37N7O5S/c1-31(2,3)19-13-22(28(42-5)23(14-19)36-44(6,40)41)34-29(39)24-12-18-8-7-9-25(27(18)37(24)4)43-26-10-11-32-30(35-26)38-17-20-15-21(38)16-33-20/h7-14,20-21,33,36H,15-17H2,1-6H3,(H,34,39). The molecule has 13 heteroatoms. The number of carbonyl (C=O) groups is 1. The number of ether oxygens (including phenoxy) is 2. The zero-order valence-electron chi connectivity index (χ0n) is 25.6. The van der Waals surface area contributed by atoms with Crippen LogP contribution in [0.15, 0.2) is 48.7 Å². The average molecular weight is 620 g/mol. The summed E-state index contributed by atoms with van der Waals surface area (Å²) in [5.74, 6) is 1.42. The van der Waals surface area contributed by atoms with E-state index in [0.717, 1.165) is 42.2 Å². The molecule has 2 atom stereocenters. The Bertz CT molecular complexity index is 1870. The van der Waals surface area contributed by atoms with E-state index in [4.69, 9.17) is 14.5 Å². The fourth-order valence-corrected chi connectivity index (χ4v) is 6.51. The number of para-hydroxylation sites is 1. The normalized spacial score (nSPS) is 18.1. The van der Waals surface area contributed by atoms with Crippen molar-refractivity contribution in [2.24, 2.45) is 7.05 Å². The van der Waals surface area contributed by atoms with Crippen molar-refractivity contribution in [3.8, 4) is 17.4 Å². The Morgan fingerprint density at radius 1 is 1.14 bits per heavy atom. The Morgan fingerprint density at radius 3 is 2.57 bits per heavy atom. The van der Waals surface area contributed by atoms with Gasteiger partial charge in [0.15, 0.2) is 11.5 Å². The summed E-state index contributed by atoms with van der Waals surface area (Å²) in [6, 6.07) is 13.5. The molecule has 6 rings (SSSR count). The highest BCUT2D eigenvalue weighted by atomic mass is 32.2. The molecular formula is C31H37N7O5S. The Labute approximate surface area is 256 Å². The zero-order valence-corrected chi connectivity index (χ0v) is 26.4. The van der Waals surface area contributed by atoms with Crippen LogP contribution in [0.5, 0.6) is 17.4 Å². The lowest BCUT2D eigenvalue weighted by Crippen LogP contribution is -2.44. The fourth-order valence-electron chi connectivity index (χ4n) is 5.96. The number of rotatable bonds is 8. The van der Waals surface area contributed by atoms with Gasteiger partial charge in [0.2, 0.25) is 21.9 Å². The van der Waals surface area contributed by atoms with E-state index in [1.807, 2.05) is 39.0 Å². The van der Waals surface area contributed by atoms with Crippen molar-refractivity contribution in [2.75, 3.05) is 41.4 Å². The van der Waals surface area contributed by atoms with Crippen LogP contribution in [0.25, 0.3) is 10.9 Å². The number of nitrogens with one attached hydrogen (secondary N) is 3. The minimum atomic E-state index is -3.61. The molecule has 44 heavy (non-hydrogen) atoms. The number of hydrogen-bond donors (Lipinski definition) is 3. The van der Waals surface area contributed by atoms with Crippen LogP contribution in [0.3, 0.4) is 0 Å². The van der Waals surface area contributed by atoms with E-state index < -0.39 is 15.9 Å². The first-order valence-corrected chi connectivity index (χ1v) is 16.3. The third-order valence-electron chi connectivity index (χ3n) is 8.10. The highest BCUT2D eigenvalue weighted by molar-refractivity contribution is 7.92. The molecular weight excluding hydrogens is 582 g/mol. The van der Waals surface area contributed by atoms with E-state index in [1.165, 1.54) is 7.11 Å². The van der Waals surface area contributed by atoms with Crippen LogP contribution in [-0.2, 0) is 22.5 Å². The minimum absolute atomic E-state index is 0.209. The second-order valence-electron chi connectivity index (χ2n) is 12.4. The smallest absolute Gasteiger partial charge is 0.272 e. The second-order valence-corrected chi connectivity index (χ2v) is 14.2. The number of benzene rings is 2. The summed E-state index contributed by atoms with van der Waals surface area (Å²) in [5, 5.41) is 7.25. The number of methoxy groups -OCH3 is 1. The van der Waals surface area contributed by atoms with Crippen molar-refractivity contribution < 1.29 is 22.7 Å². The van der Waals surface area contributed by atoms with Crippen LogP contribution in [-0.4, -0.2) is 67.4 Å². The molecule has 2 aromatic carbocycles. The minimum Gasteiger partial charge on any atom is -0.492 e. The fraction of sp³-hybridized carbons (Fsp3) is 0.387. The van der Waals surface area contributed by atoms with Gasteiger partial charge < -0.3 is 29.6 Å². The van der Waals surface area contributed by atoms with E-state index in [-0.39, 0.29) is 16.9 Å². The Balaban J connectivity index is 1.31. The monoisotopic (exact) mass is 619 g/mol. The Morgan fingerprint density at radius 2 is 1.91 bits per heavy atom. The molecule has 2 saturated heterocycles. The molecule has 2 unspecified atom stereocenters. The van der Waals surface area contributed by atoms with Crippen LogP contribution in [0.4, 0.5) is 17.3 Å². The largest absolute Gasteiger partial charge is 0.492 e. The van der Waals surface area contributed by atoms with Crippen molar-refractivity contribution in [1.29, 1.82) is 0 Å². The molecule has 2 bridgehead atoms. The maximum Gasteiger partial charge on any atom is 0.272 e. The van der Waals surface area contributed by atoms with Crippen LogP contribution in [0, 0.1) is 0 Å². The predicted molar refractivity (Wildman–Crippen MR) is 171 cm³/mol. The van der Waals surface area contributed by atoms with Crippen LogP contribution in [0.1, 0.15) is 43.2 Å². The molecule has 4 heterocycles. The Hall–Kier alpha value is -4.36. The van der Waals surface area contributed by atoms with E-state index in [0.29, 0.717) is 41.0 Å². The molecule has 2 aromatic heterocycles. The molecule has 0 radical (unpaired) electrons. The number of anilines is 3. The van der Waals surface area contributed by atoms with Gasteiger partial charge in [0.25, 0.3) is 5.91 Å². The number of carbonyl (C=O) groups excluding carboxylic acids is 1. The van der Waals surface area contributed by atoms with Crippen molar-refractivity contribution in [3.63, 3.8) is 0 Å². The lowest BCUT2D eigenvalue weighted by molar-refractivity contribution is 0.101. The summed E-state index contributed by atoms with van der Waals surface area (Å²) in [7, 11) is -0.385. The maximum absolute atomic E-state index is 13.8. The number of nitrogens with zero attached hydrogens (tertiary/aromatic N) is 4. The number of aromatic nitrogens is 3. The number of fused-ring (bicyclic) bond motifs is 3. The molecule has 232 valence electrons. The summed E-state index contributed by atoms with van der Waals surface area (Å²) in [6.07, 6.45) is 3.86. The van der Waals surface area contributed by atoms with Gasteiger partial charge in [-0.05, 0) is 41.7 Å². The van der Waals surface area contributed by atoms with Gasteiger partial charge in [0.1, 0.15) is 5.69 Å². The molecule has 12 nitrogen and oxygen atoms in total. The van der Waals surface area contributed by atoms with Gasteiger partial charge in [0, 0.05) is 49.9 Å². The van der Waals surface area contributed by atoms with E-state index in [1.54, 1.807) is 42.1 Å². The van der Waals surface area contributed by atoms with Crippen LogP contribution < -0.4 is 29.7 Å². The first-order valence-electron chi connectivity index (χ1n) is 14.4. The van der Waals surface area contributed by atoms with Gasteiger partial charge in [-0.15, -0.1) is 0 Å². The van der Waals surface area contributed by atoms with E-state index >= 15 is 0 Å².